The van der Waals surface area contributed by atoms with Gasteiger partial charge >= 0.3 is 0 Å². The number of hydrogen-bond acceptors (Lipinski definition) is 1. The van der Waals surface area contributed by atoms with Gasteiger partial charge in [0.2, 0.25) is 0 Å². The predicted molar refractivity (Wildman–Crippen MR) is 55.5 cm³/mol. The normalized spacial score (nSPS) is 13.4. The van der Waals surface area contributed by atoms with Crippen LogP contribution in [0.15, 0.2) is 18.2 Å². The van der Waals surface area contributed by atoms with Crippen LogP contribution < -0.4 is 0 Å². The second-order valence-corrected chi connectivity index (χ2v) is 3.90. The monoisotopic (exact) mass is 177 g/mol. The molecule has 1 heteroatoms. The number of hydrogen-bond donors (Lipinski definition) is 1. The first-order chi connectivity index (χ1) is 6.00. The van der Waals surface area contributed by atoms with Gasteiger partial charge in [-0.1, -0.05) is 43.2 Å². The van der Waals surface area contributed by atoms with Crippen LogP contribution in [0, 0.1) is 19.8 Å². The molecule has 1 N–H and O–H groups in total. The van der Waals surface area contributed by atoms with Crippen LogP contribution in [0.3, 0.4) is 0 Å². The molecular weight excluding hydrogens is 160 g/mol. The van der Waals surface area contributed by atoms with Gasteiger partial charge in [-0.3, -0.25) is 0 Å². The van der Waals surface area contributed by atoms with Crippen molar-refractivity contribution < 1.29 is 5.11 Å². The Bertz CT molecular complexity index is 269. The zero-order valence-corrected chi connectivity index (χ0v) is 8.76. The minimum atomic E-state index is -0.418. The van der Waals surface area contributed by atoms with E-state index in [0.717, 1.165) is 11.5 Å². The Morgan fingerprint density at radius 2 is 1.54 bits per heavy atom. The summed E-state index contributed by atoms with van der Waals surface area (Å²) in [4.78, 5) is 0. The molecule has 0 heterocycles. The van der Waals surface area contributed by atoms with Crippen LogP contribution in [0.5, 0.6) is 0 Å². The molecule has 0 spiro atoms. The Morgan fingerprint density at radius 1 is 1.08 bits per heavy atom. The molecule has 13 heavy (non-hydrogen) atoms. The van der Waals surface area contributed by atoms with E-state index in [-0.39, 0.29) is 0 Å². The van der Waals surface area contributed by atoms with Crippen molar-refractivity contribution in [3.05, 3.63) is 40.8 Å². The van der Waals surface area contributed by atoms with E-state index < -0.39 is 6.10 Å². The Kier molecular flexibility index (Phi) is 3.10. The molecule has 0 aliphatic heterocycles. The molecule has 1 aromatic rings. The highest BCUT2D eigenvalue weighted by molar-refractivity contribution is 5.31. The summed E-state index contributed by atoms with van der Waals surface area (Å²) in [5.74, 6) is 1.03. The molecule has 0 bridgehead atoms. The van der Waals surface area contributed by atoms with Gasteiger partial charge in [-0.25, -0.2) is 0 Å². The molecule has 1 radical (unpaired) electrons. The van der Waals surface area contributed by atoms with E-state index in [9.17, 15) is 5.11 Å². The first-order valence-electron chi connectivity index (χ1n) is 4.57. The Morgan fingerprint density at radius 3 is 1.92 bits per heavy atom. The molecule has 1 aromatic carbocycles. The summed E-state index contributed by atoms with van der Waals surface area (Å²) in [7, 11) is 0. The minimum Gasteiger partial charge on any atom is -0.388 e. The zero-order chi connectivity index (χ0) is 10.0. The first kappa shape index (κ1) is 10.3. The van der Waals surface area contributed by atoms with Gasteiger partial charge in [-0.15, -0.1) is 0 Å². The topological polar surface area (TPSA) is 20.2 Å². The molecule has 0 fully saturated rings. The van der Waals surface area contributed by atoms with Crippen LogP contribution in [-0.2, 0) is 0 Å². The number of benzene rings is 1. The van der Waals surface area contributed by atoms with Gasteiger partial charge in [0.15, 0.2) is 0 Å². The first-order valence-corrected chi connectivity index (χ1v) is 4.57. The largest absolute Gasteiger partial charge is 0.388 e. The lowest BCUT2D eigenvalue weighted by atomic mass is 9.96. The summed E-state index contributed by atoms with van der Waals surface area (Å²) in [6.45, 7) is 7.99. The number of aliphatic hydroxyl groups excluding tert-OH is 1. The van der Waals surface area contributed by atoms with Crippen molar-refractivity contribution in [3.63, 3.8) is 0 Å². The van der Waals surface area contributed by atoms with Crippen LogP contribution in [0.4, 0.5) is 0 Å². The van der Waals surface area contributed by atoms with Crippen LogP contribution in [0.1, 0.15) is 36.6 Å². The third-order valence-electron chi connectivity index (χ3n) is 2.11. The second kappa shape index (κ2) is 3.93. The number of aliphatic hydroxyl groups is 1. The standard InChI is InChI=1S/C12H17O/c1-8(2)12(13)11-6-9(3)5-10(4)7-11/h5-7,12-13H,1-4H3. The Hall–Kier alpha value is -0.820. The third-order valence-corrected chi connectivity index (χ3v) is 2.11. The average Bonchev–Trinajstić information content (AvgIpc) is 2.01. The van der Waals surface area contributed by atoms with Crippen molar-refractivity contribution in [1.29, 1.82) is 0 Å². The lowest BCUT2D eigenvalue weighted by Crippen LogP contribution is -2.04. The number of aryl methyl sites for hydroxylation is 2. The van der Waals surface area contributed by atoms with Gasteiger partial charge in [0.1, 0.15) is 0 Å². The molecule has 1 atom stereocenters. The predicted octanol–water partition coefficient (Wildman–Crippen LogP) is 2.95. The molecule has 0 aliphatic carbocycles. The highest BCUT2D eigenvalue weighted by atomic mass is 16.3. The summed E-state index contributed by atoms with van der Waals surface area (Å²) in [6, 6.07) is 6.18. The maximum absolute atomic E-state index is 9.81. The molecule has 1 rings (SSSR count). The fourth-order valence-electron chi connectivity index (χ4n) is 1.50. The summed E-state index contributed by atoms with van der Waals surface area (Å²) >= 11 is 0. The highest BCUT2D eigenvalue weighted by Gasteiger charge is 2.12. The molecule has 0 amide bonds. The summed E-state index contributed by atoms with van der Waals surface area (Å²) in [5, 5.41) is 9.81. The van der Waals surface area contributed by atoms with Gasteiger partial charge in [0.05, 0.1) is 6.10 Å². The Labute approximate surface area is 80.4 Å². The van der Waals surface area contributed by atoms with Crippen molar-refractivity contribution in [2.45, 2.75) is 33.8 Å². The van der Waals surface area contributed by atoms with Crippen molar-refractivity contribution in [1.82, 2.24) is 0 Å². The van der Waals surface area contributed by atoms with E-state index in [0.29, 0.717) is 0 Å². The fourth-order valence-corrected chi connectivity index (χ4v) is 1.50. The van der Waals surface area contributed by atoms with Crippen LogP contribution in [0.2, 0.25) is 0 Å². The average molecular weight is 177 g/mol. The molecule has 0 aliphatic rings. The van der Waals surface area contributed by atoms with Crippen LogP contribution >= 0.6 is 0 Å². The van der Waals surface area contributed by atoms with Crippen molar-refractivity contribution >= 4 is 0 Å². The molecule has 0 saturated carbocycles. The maximum atomic E-state index is 9.81. The maximum Gasteiger partial charge on any atom is 0.0847 e. The fraction of sp³-hybridized carbons (Fsp3) is 0.417. The molecular formula is C12H17O. The smallest absolute Gasteiger partial charge is 0.0847 e. The molecule has 0 saturated heterocycles. The van der Waals surface area contributed by atoms with E-state index >= 15 is 0 Å². The quantitative estimate of drug-likeness (QED) is 0.736. The zero-order valence-electron chi connectivity index (χ0n) is 8.76. The van der Waals surface area contributed by atoms with Gasteiger partial charge in [0.25, 0.3) is 0 Å². The van der Waals surface area contributed by atoms with E-state index in [1.54, 1.807) is 0 Å². The minimum absolute atomic E-state index is 0.418. The SMILES string of the molecule is C[C](C)C(O)c1cc(C)cc(C)c1. The van der Waals surface area contributed by atoms with E-state index in [1.807, 2.05) is 39.8 Å². The second-order valence-electron chi connectivity index (χ2n) is 3.90. The van der Waals surface area contributed by atoms with Crippen LogP contribution in [-0.4, -0.2) is 5.11 Å². The van der Waals surface area contributed by atoms with E-state index in [4.69, 9.17) is 0 Å². The molecule has 1 unspecified atom stereocenters. The molecule has 1 nitrogen and oxygen atoms in total. The van der Waals surface area contributed by atoms with Crippen molar-refractivity contribution in [2.75, 3.05) is 0 Å². The van der Waals surface area contributed by atoms with Gasteiger partial charge in [-0.05, 0) is 19.4 Å². The van der Waals surface area contributed by atoms with Gasteiger partial charge in [-0.2, -0.15) is 0 Å². The molecule has 0 aromatic heterocycles. The highest BCUT2D eigenvalue weighted by Crippen LogP contribution is 2.24. The third kappa shape index (κ3) is 2.56. The van der Waals surface area contributed by atoms with Crippen molar-refractivity contribution in [3.8, 4) is 0 Å². The summed E-state index contributed by atoms with van der Waals surface area (Å²) < 4.78 is 0. The summed E-state index contributed by atoms with van der Waals surface area (Å²) in [5.41, 5.74) is 3.41. The van der Waals surface area contributed by atoms with Crippen molar-refractivity contribution in [2.24, 2.45) is 0 Å². The van der Waals surface area contributed by atoms with E-state index in [2.05, 4.69) is 6.07 Å². The number of rotatable bonds is 2. The van der Waals surface area contributed by atoms with E-state index in [1.165, 1.54) is 11.1 Å². The Balaban J connectivity index is 3.01. The summed E-state index contributed by atoms with van der Waals surface area (Å²) in [6.07, 6.45) is -0.418. The molecule has 71 valence electrons. The van der Waals surface area contributed by atoms with Gasteiger partial charge < -0.3 is 5.11 Å². The van der Waals surface area contributed by atoms with Gasteiger partial charge in [0, 0.05) is 5.92 Å². The van der Waals surface area contributed by atoms with Crippen LogP contribution in [0.25, 0.3) is 0 Å². The lowest BCUT2D eigenvalue weighted by molar-refractivity contribution is 0.192. The lowest BCUT2D eigenvalue weighted by Gasteiger charge is -2.15.